The summed E-state index contributed by atoms with van der Waals surface area (Å²) >= 11 is 0.563. The fraction of sp³-hybridized carbons (Fsp3) is 0.250. The normalized spacial score (nSPS) is 11.7. The van der Waals surface area contributed by atoms with Gasteiger partial charge in [0.25, 0.3) is 0 Å². The Labute approximate surface area is 93.4 Å². The molecule has 0 fully saturated rings. The molecule has 8 heteroatoms. The average Bonchev–Trinajstić information content (AvgIpc) is 2.15. The van der Waals surface area contributed by atoms with Crippen LogP contribution < -0.4 is 5.46 Å². The van der Waals surface area contributed by atoms with Crippen LogP contribution in [-0.4, -0.2) is 23.4 Å². The zero-order valence-corrected chi connectivity index (χ0v) is 8.86. The Balaban J connectivity index is 3.41. The van der Waals surface area contributed by atoms with Gasteiger partial charge < -0.3 is 10.0 Å². The van der Waals surface area contributed by atoms with Crippen molar-refractivity contribution in [2.45, 2.75) is 11.1 Å². The second-order valence-corrected chi connectivity index (χ2v) is 3.74. The van der Waals surface area contributed by atoms with E-state index in [4.69, 9.17) is 10.0 Å². The minimum atomic E-state index is -4.67. The van der Waals surface area contributed by atoms with E-state index in [0.717, 1.165) is 0 Å². The summed E-state index contributed by atoms with van der Waals surface area (Å²) in [6, 6.07) is 1.34. The van der Waals surface area contributed by atoms with E-state index in [1.807, 2.05) is 0 Å². The lowest BCUT2D eigenvalue weighted by atomic mass is 9.79. The number of benzene rings is 1. The highest BCUT2D eigenvalue weighted by atomic mass is 32.2. The van der Waals surface area contributed by atoms with E-state index in [2.05, 4.69) is 0 Å². The van der Waals surface area contributed by atoms with Gasteiger partial charge in [-0.15, -0.1) is 11.8 Å². The van der Waals surface area contributed by atoms with Crippen LogP contribution >= 0.6 is 11.8 Å². The number of alkyl halides is 3. The van der Waals surface area contributed by atoms with E-state index in [1.54, 1.807) is 0 Å². The Hall–Kier alpha value is -0.725. The highest BCUT2D eigenvalue weighted by Crippen LogP contribution is 2.36. The minimum Gasteiger partial charge on any atom is -0.423 e. The van der Waals surface area contributed by atoms with Crippen LogP contribution in [0.2, 0.25) is 0 Å². The molecule has 0 radical (unpaired) electrons. The zero-order valence-electron chi connectivity index (χ0n) is 8.05. The van der Waals surface area contributed by atoms with E-state index in [1.165, 1.54) is 6.26 Å². The van der Waals surface area contributed by atoms with Crippen molar-refractivity contribution in [2.24, 2.45) is 0 Å². The SMILES string of the molecule is CSc1c(C(F)(F)F)ccc(B(O)O)c1F. The van der Waals surface area contributed by atoms with Crippen LogP contribution in [0.4, 0.5) is 17.6 Å². The lowest BCUT2D eigenvalue weighted by molar-refractivity contribution is -0.140. The van der Waals surface area contributed by atoms with Crippen LogP contribution in [0.5, 0.6) is 0 Å². The highest BCUT2D eigenvalue weighted by molar-refractivity contribution is 7.98. The summed E-state index contributed by atoms with van der Waals surface area (Å²) in [6.45, 7) is 0. The lowest BCUT2D eigenvalue weighted by Crippen LogP contribution is -2.33. The first kappa shape index (κ1) is 13.3. The topological polar surface area (TPSA) is 40.5 Å². The van der Waals surface area contributed by atoms with Gasteiger partial charge in [0.1, 0.15) is 5.82 Å². The van der Waals surface area contributed by atoms with Crippen molar-refractivity contribution in [3.05, 3.63) is 23.5 Å². The van der Waals surface area contributed by atoms with Gasteiger partial charge >= 0.3 is 13.3 Å². The Morgan fingerprint density at radius 2 is 1.81 bits per heavy atom. The molecule has 0 spiro atoms. The first-order valence-electron chi connectivity index (χ1n) is 4.08. The number of hydrogen-bond acceptors (Lipinski definition) is 3. The molecule has 16 heavy (non-hydrogen) atoms. The summed E-state index contributed by atoms with van der Waals surface area (Å²) in [5, 5.41) is 17.5. The Bertz CT molecular complexity index is 394. The minimum absolute atomic E-state index is 0.563. The molecular weight excluding hydrogens is 247 g/mol. The van der Waals surface area contributed by atoms with E-state index in [0.29, 0.717) is 23.9 Å². The van der Waals surface area contributed by atoms with Crippen molar-refractivity contribution in [1.29, 1.82) is 0 Å². The second-order valence-electron chi connectivity index (χ2n) is 2.92. The molecule has 1 rings (SSSR count). The Kier molecular flexibility index (Phi) is 3.87. The molecule has 0 amide bonds. The fourth-order valence-electron chi connectivity index (χ4n) is 1.19. The third kappa shape index (κ3) is 2.50. The zero-order chi connectivity index (χ0) is 12.5. The summed E-state index contributed by atoms with van der Waals surface area (Å²) in [6.07, 6.45) is -3.39. The van der Waals surface area contributed by atoms with E-state index in [-0.39, 0.29) is 0 Å². The van der Waals surface area contributed by atoms with Gasteiger partial charge in [0.2, 0.25) is 0 Å². The quantitative estimate of drug-likeness (QED) is 0.474. The van der Waals surface area contributed by atoms with Gasteiger partial charge in [-0.1, -0.05) is 6.07 Å². The lowest BCUT2D eigenvalue weighted by Gasteiger charge is -2.14. The highest BCUT2D eigenvalue weighted by Gasteiger charge is 2.36. The summed E-state index contributed by atoms with van der Waals surface area (Å²) in [7, 11) is -2.13. The number of rotatable bonds is 2. The van der Waals surface area contributed by atoms with Crippen LogP contribution in [-0.2, 0) is 6.18 Å². The molecule has 0 unspecified atom stereocenters. The molecule has 2 N–H and O–H groups in total. The number of halogens is 4. The Morgan fingerprint density at radius 1 is 1.25 bits per heavy atom. The van der Waals surface area contributed by atoms with E-state index >= 15 is 0 Å². The van der Waals surface area contributed by atoms with Crippen molar-refractivity contribution in [3.63, 3.8) is 0 Å². The van der Waals surface area contributed by atoms with Crippen molar-refractivity contribution < 1.29 is 27.6 Å². The third-order valence-electron chi connectivity index (χ3n) is 1.91. The molecule has 88 valence electrons. The third-order valence-corrected chi connectivity index (χ3v) is 2.72. The van der Waals surface area contributed by atoms with Crippen LogP contribution in [0.1, 0.15) is 5.56 Å². The van der Waals surface area contributed by atoms with Gasteiger partial charge in [0, 0.05) is 5.46 Å². The van der Waals surface area contributed by atoms with Crippen LogP contribution in [0, 0.1) is 5.82 Å². The molecule has 0 saturated heterocycles. The molecule has 0 saturated carbocycles. The maximum absolute atomic E-state index is 13.5. The number of thioether (sulfide) groups is 1. The van der Waals surface area contributed by atoms with Gasteiger partial charge in [0.05, 0.1) is 10.5 Å². The fourth-order valence-corrected chi connectivity index (χ4v) is 1.89. The molecule has 0 bridgehead atoms. The van der Waals surface area contributed by atoms with E-state index in [9.17, 15) is 17.6 Å². The summed E-state index contributed by atoms with van der Waals surface area (Å²) < 4.78 is 50.8. The largest absolute Gasteiger partial charge is 0.491 e. The predicted molar refractivity (Wildman–Crippen MR) is 53.0 cm³/mol. The van der Waals surface area contributed by atoms with E-state index < -0.39 is 35.0 Å². The molecule has 0 atom stereocenters. The van der Waals surface area contributed by atoms with Crippen molar-refractivity contribution >= 4 is 24.3 Å². The maximum atomic E-state index is 13.5. The first-order valence-corrected chi connectivity index (χ1v) is 5.31. The summed E-state index contributed by atoms with van der Waals surface area (Å²) in [5.41, 5.74) is -1.70. The second kappa shape index (κ2) is 4.64. The van der Waals surface area contributed by atoms with Crippen LogP contribution in [0.3, 0.4) is 0 Å². The molecule has 2 nitrogen and oxygen atoms in total. The van der Waals surface area contributed by atoms with Gasteiger partial charge in [-0.05, 0) is 12.3 Å². The molecule has 0 aromatic heterocycles. The van der Waals surface area contributed by atoms with Crippen molar-refractivity contribution in [3.8, 4) is 0 Å². The summed E-state index contributed by atoms with van der Waals surface area (Å²) in [4.78, 5) is -0.641. The first-order chi connectivity index (χ1) is 7.29. The molecule has 0 heterocycles. The molecular formula is C8H7BF4O2S. The molecule has 0 aliphatic rings. The van der Waals surface area contributed by atoms with Gasteiger partial charge in [0.15, 0.2) is 0 Å². The predicted octanol–water partition coefficient (Wildman–Crippen LogP) is 1.25. The molecule has 1 aromatic carbocycles. The van der Waals surface area contributed by atoms with Gasteiger partial charge in [-0.3, -0.25) is 0 Å². The molecule has 1 aromatic rings. The van der Waals surface area contributed by atoms with Gasteiger partial charge in [-0.25, -0.2) is 4.39 Å². The van der Waals surface area contributed by atoms with Crippen molar-refractivity contribution in [2.75, 3.05) is 6.26 Å². The monoisotopic (exact) mass is 254 g/mol. The average molecular weight is 254 g/mol. The van der Waals surface area contributed by atoms with Crippen LogP contribution in [0.15, 0.2) is 17.0 Å². The summed E-state index contributed by atoms with van der Waals surface area (Å²) in [5.74, 6) is -1.25. The van der Waals surface area contributed by atoms with Crippen LogP contribution in [0.25, 0.3) is 0 Å². The van der Waals surface area contributed by atoms with Crippen molar-refractivity contribution in [1.82, 2.24) is 0 Å². The number of hydrogen-bond donors (Lipinski definition) is 2. The molecule has 0 aliphatic carbocycles. The molecule has 0 aliphatic heterocycles. The van der Waals surface area contributed by atoms with Gasteiger partial charge in [-0.2, -0.15) is 13.2 Å². The Morgan fingerprint density at radius 3 is 2.19 bits per heavy atom. The maximum Gasteiger partial charge on any atom is 0.491 e. The smallest absolute Gasteiger partial charge is 0.423 e. The standard InChI is InChI=1S/C8H7BF4O2S/c1-16-7-4(8(11,12)13)2-3-5(6(7)10)9(14)15/h2-3,14-15H,1H3.